The van der Waals surface area contributed by atoms with E-state index in [1.165, 1.54) is 31.2 Å². The van der Waals surface area contributed by atoms with Crippen LogP contribution in [-0.2, 0) is 19.6 Å². The van der Waals surface area contributed by atoms with Crippen LogP contribution >= 0.6 is 0 Å². The molecule has 2 aliphatic heterocycles. The third-order valence-corrected chi connectivity index (χ3v) is 7.75. The molecule has 180 valence electrons. The molecule has 2 aromatic rings. The highest BCUT2D eigenvalue weighted by atomic mass is 32.2. The molecular weight excluding hydrogens is 456 g/mol. The van der Waals surface area contributed by atoms with Gasteiger partial charge in [0.05, 0.1) is 28.4 Å². The van der Waals surface area contributed by atoms with Crippen molar-refractivity contribution in [1.82, 2.24) is 9.31 Å². The van der Waals surface area contributed by atoms with Crippen LogP contribution < -0.4 is 4.90 Å². The number of benzene rings is 2. The fraction of sp³-hybridized carbons (Fsp3) is 0.375. The Balaban J connectivity index is 1.50. The number of hydrogen-bond donors (Lipinski definition) is 0. The van der Waals surface area contributed by atoms with Gasteiger partial charge in [0, 0.05) is 33.6 Å². The summed E-state index contributed by atoms with van der Waals surface area (Å²) in [6.45, 7) is 1.47. The van der Waals surface area contributed by atoms with E-state index in [0.29, 0.717) is 18.7 Å². The minimum atomic E-state index is -3.74. The lowest BCUT2D eigenvalue weighted by atomic mass is 10.1. The molecule has 0 radical (unpaired) electrons. The number of carbonyl (C=O) groups is 2. The topological polar surface area (TPSA) is 99.6 Å². The van der Waals surface area contributed by atoms with Crippen LogP contribution in [0.5, 0.6) is 0 Å². The lowest BCUT2D eigenvalue weighted by Gasteiger charge is -2.22. The predicted octanol–water partition coefficient (Wildman–Crippen LogP) is 2.33. The summed E-state index contributed by atoms with van der Waals surface area (Å²) in [4.78, 5) is 27.7. The van der Waals surface area contributed by atoms with E-state index in [1.54, 1.807) is 6.07 Å². The number of ether oxygens (including phenoxy) is 1. The van der Waals surface area contributed by atoms with Crippen LogP contribution in [-0.4, -0.2) is 75.7 Å². The van der Waals surface area contributed by atoms with Gasteiger partial charge in [-0.3, -0.25) is 4.79 Å². The van der Waals surface area contributed by atoms with Crippen molar-refractivity contribution < 1.29 is 22.7 Å². The molecule has 1 fully saturated rings. The number of rotatable bonds is 7. The lowest BCUT2D eigenvalue weighted by Crippen LogP contribution is -2.29. The first-order valence-electron chi connectivity index (χ1n) is 11.2. The molecular formula is C24H28N4O5S. The number of amides is 1. The van der Waals surface area contributed by atoms with E-state index >= 15 is 0 Å². The van der Waals surface area contributed by atoms with Crippen molar-refractivity contribution in [2.24, 2.45) is 5.10 Å². The number of sulfonamides is 1. The molecule has 0 bridgehead atoms. The van der Waals surface area contributed by atoms with Gasteiger partial charge in [0.2, 0.25) is 10.0 Å². The van der Waals surface area contributed by atoms with E-state index in [9.17, 15) is 18.0 Å². The molecule has 10 heteroatoms. The minimum absolute atomic E-state index is 0.00429. The zero-order chi connectivity index (χ0) is 24.3. The average Bonchev–Trinajstić information content (AvgIpc) is 3.55. The largest absolute Gasteiger partial charge is 0.452 e. The third kappa shape index (κ3) is 4.97. The van der Waals surface area contributed by atoms with E-state index in [2.05, 4.69) is 5.10 Å². The number of hydrazone groups is 1. The maximum absolute atomic E-state index is 13.0. The first-order valence-corrected chi connectivity index (χ1v) is 12.6. The van der Waals surface area contributed by atoms with Gasteiger partial charge >= 0.3 is 5.97 Å². The fourth-order valence-corrected chi connectivity index (χ4v) is 4.96. The summed E-state index contributed by atoms with van der Waals surface area (Å²) in [7, 11) is -0.874. The van der Waals surface area contributed by atoms with Gasteiger partial charge in [-0.05, 0) is 36.6 Å². The lowest BCUT2D eigenvalue weighted by molar-refractivity contribution is -0.134. The van der Waals surface area contributed by atoms with Crippen molar-refractivity contribution in [2.75, 3.05) is 45.2 Å². The highest BCUT2D eigenvalue weighted by molar-refractivity contribution is 7.89. The SMILES string of the molecule is CN(C)S(=O)(=O)c1ccc(N2CCCC2)c(C(=O)OCC(=O)N2CCC(c3ccccc3)=N2)c1. The summed E-state index contributed by atoms with van der Waals surface area (Å²) in [5.74, 6) is -1.17. The van der Waals surface area contributed by atoms with Crippen molar-refractivity contribution in [1.29, 1.82) is 0 Å². The summed E-state index contributed by atoms with van der Waals surface area (Å²) in [5.41, 5.74) is 2.49. The summed E-state index contributed by atoms with van der Waals surface area (Å²) in [5, 5.41) is 5.68. The van der Waals surface area contributed by atoms with Crippen LogP contribution in [0.1, 0.15) is 35.2 Å². The van der Waals surface area contributed by atoms with E-state index < -0.39 is 28.5 Å². The Labute approximate surface area is 199 Å². The smallest absolute Gasteiger partial charge is 0.340 e. The number of hydrogen-bond acceptors (Lipinski definition) is 7. The summed E-state index contributed by atoms with van der Waals surface area (Å²) < 4.78 is 31.7. The number of esters is 1. The van der Waals surface area contributed by atoms with E-state index in [4.69, 9.17) is 4.74 Å². The predicted molar refractivity (Wildman–Crippen MR) is 128 cm³/mol. The van der Waals surface area contributed by atoms with Gasteiger partial charge in [-0.15, -0.1) is 0 Å². The molecule has 1 amide bonds. The van der Waals surface area contributed by atoms with Crippen LogP contribution in [0.2, 0.25) is 0 Å². The third-order valence-electron chi connectivity index (χ3n) is 5.94. The Morgan fingerprint density at radius 3 is 2.41 bits per heavy atom. The van der Waals surface area contributed by atoms with Crippen LogP contribution in [0.15, 0.2) is 58.5 Å². The van der Waals surface area contributed by atoms with Gasteiger partial charge in [-0.1, -0.05) is 30.3 Å². The Morgan fingerprint density at radius 2 is 1.74 bits per heavy atom. The van der Waals surface area contributed by atoms with E-state index in [-0.39, 0.29) is 10.5 Å². The standard InChI is InChI=1S/C24H28N4O5S/c1-26(2)34(31,32)19-10-11-22(27-13-6-7-14-27)20(16-19)24(30)33-17-23(29)28-15-12-21(25-28)18-8-4-3-5-9-18/h3-5,8-11,16H,6-7,12-15,17H2,1-2H3. The van der Waals surface area contributed by atoms with Crippen molar-refractivity contribution in [3.63, 3.8) is 0 Å². The second kappa shape index (κ2) is 9.94. The van der Waals surface area contributed by atoms with Crippen molar-refractivity contribution in [3.05, 3.63) is 59.7 Å². The van der Waals surface area contributed by atoms with Crippen LogP contribution in [0.3, 0.4) is 0 Å². The fourth-order valence-electron chi connectivity index (χ4n) is 4.03. The molecule has 9 nitrogen and oxygen atoms in total. The second-order valence-corrected chi connectivity index (χ2v) is 10.6. The van der Waals surface area contributed by atoms with Gasteiger partial charge in [0.25, 0.3) is 5.91 Å². The van der Waals surface area contributed by atoms with Crippen LogP contribution in [0.4, 0.5) is 5.69 Å². The Hall–Kier alpha value is -3.24. The highest BCUT2D eigenvalue weighted by Crippen LogP contribution is 2.29. The zero-order valence-electron chi connectivity index (χ0n) is 19.3. The maximum Gasteiger partial charge on any atom is 0.340 e. The number of carbonyl (C=O) groups excluding carboxylic acids is 2. The molecule has 2 heterocycles. The van der Waals surface area contributed by atoms with Gasteiger partial charge in [0.15, 0.2) is 6.61 Å². The minimum Gasteiger partial charge on any atom is -0.452 e. The van der Waals surface area contributed by atoms with Crippen LogP contribution in [0, 0.1) is 0 Å². The van der Waals surface area contributed by atoms with Crippen molar-refractivity contribution in [2.45, 2.75) is 24.2 Å². The molecule has 4 rings (SSSR count). The quantitative estimate of drug-likeness (QED) is 0.560. The first kappa shape index (κ1) is 23.9. The molecule has 0 aromatic heterocycles. The molecule has 0 atom stereocenters. The van der Waals surface area contributed by atoms with Gasteiger partial charge < -0.3 is 9.64 Å². The zero-order valence-corrected chi connectivity index (χ0v) is 20.1. The summed E-state index contributed by atoms with van der Waals surface area (Å²) in [6, 6.07) is 14.1. The van der Waals surface area contributed by atoms with Gasteiger partial charge in [0.1, 0.15) is 0 Å². The number of nitrogens with zero attached hydrogens (tertiary/aromatic N) is 4. The molecule has 1 saturated heterocycles. The highest BCUT2D eigenvalue weighted by Gasteiger charge is 2.27. The molecule has 0 unspecified atom stereocenters. The molecule has 0 aliphatic carbocycles. The molecule has 0 saturated carbocycles. The molecule has 0 spiro atoms. The van der Waals surface area contributed by atoms with Crippen molar-refractivity contribution >= 4 is 33.3 Å². The first-order chi connectivity index (χ1) is 16.3. The molecule has 2 aliphatic rings. The van der Waals surface area contributed by atoms with Crippen LogP contribution in [0.25, 0.3) is 0 Å². The van der Waals surface area contributed by atoms with E-state index in [0.717, 1.165) is 41.5 Å². The van der Waals surface area contributed by atoms with Gasteiger partial charge in [-0.2, -0.15) is 5.10 Å². The van der Waals surface area contributed by atoms with Gasteiger partial charge in [-0.25, -0.2) is 22.5 Å². The monoisotopic (exact) mass is 484 g/mol. The average molecular weight is 485 g/mol. The summed E-state index contributed by atoms with van der Waals surface area (Å²) >= 11 is 0. The normalized spacial score (nSPS) is 16.1. The molecule has 0 N–H and O–H groups in total. The number of anilines is 1. The molecule has 2 aromatic carbocycles. The van der Waals surface area contributed by atoms with E-state index in [1.807, 2.05) is 35.2 Å². The Kier molecular flexibility index (Phi) is 6.99. The maximum atomic E-state index is 13.0. The second-order valence-electron chi connectivity index (χ2n) is 8.42. The Bertz CT molecular complexity index is 1210. The Morgan fingerprint density at radius 1 is 1.03 bits per heavy atom. The van der Waals surface area contributed by atoms with Crippen molar-refractivity contribution in [3.8, 4) is 0 Å². The molecule has 34 heavy (non-hydrogen) atoms. The summed E-state index contributed by atoms with van der Waals surface area (Å²) in [6.07, 6.45) is 2.59.